The van der Waals surface area contributed by atoms with Gasteiger partial charge in [0, 0.05) is 0 Å². The monoisotopic (exact) mass is 413 g/mol. The summed E-state index contributed by atoms with van der Waals surface area (Å²) in [5, 5.41) is 9.19. The fraction of sp³-hybridized carbons (Fsp3) is 0.458. The summed E-state index contributed by atoms with van der Waals surface area (Å²) >= 11 is 0. The molecule has 2 aromatic rings. The molecule has 2 rings (SSSR count). The molecule has 2 atom stereocenters. The van der Waals surface area contributed by atoms with Crippen molar-refractivity contribution in [3.05, 3.63) is 59.7 Å². The van der Waals surface area contributed by atoms with E-state index in [1.165, 1.54) is 0 Å². The van der Waals surface area contributed by atoms with Gasteiger partial charge in [-0.05, 0) is 49.6 Å². The highest BCUT2D eigenvalue weighted by molar-refractivity contribution is 7.92. The number of hydrogen-bond acceptors (Lipinski definition) is 4. The van der Waals surface area contributed by atoms with Gasteiger partial charge in [0.15, 0.2) is 9.84 Å². The number of unbranched alkanes of at least 4 members (excludes halogenated alkanes) is 3. The molecule has 0 bridgehead atoms. The molecule has 0 N–H and O–H groups in total. The molecule has 0 heterocycles. The average molecular weight is 414 g/mol. The second-order valence-electron chi connectivity index (χ2n) is 7.52. The third-order valence-corrected chi connectivity index (χ3v) is 7.58. The Labute approximate surface area is 175 Å². The molecule has 5 heteroatoms. The zero-order valence-electron chi connectivity index (χ0n) is 17.6. The number of benzene rings is 2. The zero-order chi connectivity index (χ0) is 21.3. The van der Waals surface area contributed by atoms with E-state index in [-0.39, 0.29) is 0 Å². The second kappa shape index (κ2) is 11.0. The van der Waals surface area contributed by atoms with E-state index in [0.29, 0.717) is 23.5 Å². The van der Waals surface area contributed by atoms with Gasteiger partial charge in [-0.3, -0.25) is 0 Å². The first-order valence-electron chi connectivity index (χ1n) is 10.3. The van der Waals surface area contributed by atoms with Crippen molar-refractivity contribution in [2.24, 2.45) is 0 Å². The van der Waals surface area contributed by atoms with Crippen molar-refractivity contribution in [2.45, 2.75) is 68.4 Å². The molecule has 0 radical (unpaired) electrons. The van der Waals surface area contributed by atoms with Crippen LogP contribution in [0, 0.1) is 18.3 Å². The minimum atomic E-state index is -3.51. The van der Waals surface area contributed by atoms with Crippen molar-refractivity contribution < 1.29 is 13.2 Å². The standard InChI is InChI=1S/C24H31NO3S/c1-4-5-6-7-8-24(29(26,27)23-15-9-19(2)10-16-23)17-21(18-25)20-11-13-22(28-3)14-12-20/h9-16,21,24H,4-8,17H2,1-3H3/t21-,24+/m0/s1. The van der Waals surface area contributed by atoms with Crippen LogP contribution in [0.4, 0.5) is 0 Å². The summed E-state index contributed by atoms with van der Waals surface area (Å²) in [6.07, 6.45) is 4.93. The van der Waals surface area contributed by atoms with E-state index in [2.05, 4.69) is 13.0 Å². The van der Waals surface area contributed by atoms with E-state index in [4.69, 9.17) is 4.74 Å². The zero-order valence-corrected chi connectivity index (χ0v) is 18.4. The Morgan fingerprint density at radius 1 is 1.00 bits per heavy atom. The molecule has 4 nitrogen and oxygen atoms in total. The highest BCUT2D eigenvalue weighted by Crippen LogP contribution is 2.31. The van der Waals surface area contributed by atoms with Crippen LogP contribution in [0.2, 0.25) is 0 Å². The summed E-state index contributed by atoms with van der Waals surface area (Å²) in [7, 11) is -1.91. The van der Waals surface area contributed by atoms with Crippen molar-refractivity contribution in [3.8, 4) is 11.8 Å². The first-order chi connectivity index (χ1) is 13.9. The molecule has 0 saturated heterocycles. The van der Waals surface area contributed by atoms with Gasteiger partial charge >= 0.3 is 0 Å². The molecule has 156 valence electrons. The van der Waals surface area contributed by atoms with Gasteiger partial charge < -0.3 is 4.74 Å². The van der Waals surface area contributed by atoms with Crippen molar-refractivity contribution in [3.63, 3.8) is 0 Å². The van der Waals surface area contributed by atoms with Crippen LogP contribution in [-0.2, 0) is 9.84 Å². The number of ether oxygens (including phenoxy) is 1. The Kier molecular flexibility index (Phi) is 8.72. The molecule has 0 amide bonds. The van der Waals surface area contributed by atoms with E-state index in [9.17, 15) is 13.7 Å². The lowest BCUT2D eigenvalue weighted by Gasteiger charge is -2.21. The van der Waals surface area contributed by atoms with E-state index in [1.807, 2.05) is 43.3 Å². The van der Waals surface area contributed by atoms with E-state index in [1.54, 1.807) is 19.2 Å². The summed E-state index contributed by atoms with van der Waals surface area (Å²) in [5.74, 6) is 0.242. The van der Waals surface area contributed by atoms with Gasteiger partial charge in [0.1, 0.15) is 5.75 Å². The summed E-state index contributed by atoms with van der Waals surface area (Å²) in [6.45, 7) is 4.07. The van der Waals surface area contributed by atoms with E-state index >= 15 is 0 Å². The molecule has 0 aliphatic carbocycles. The van der Waals surface area contributed by atoms with Crippen molar-refractivity contribution in [2.75, 3.05) is 7.11 Å². The first-order valence-corrected chi connectivity index (χ1v) is 11.8. The molecular formula is C24H31NO3S. The van der Waals surface area contributed by atoms with Gasteiger partial charge in [-0.25, -0.2) is 8.42 Å². The molecule has 0 fully saturated rings. The van der Waals surface area contributed by atoms with Crippen molar-refractivity contribution >= 4 is 9.84 Å². The number of hydrogen-bond donors (Lipinski definition) is 0. The topological polar surface area (TPSA) is 67.2 Å². The van der Waals surface area contributed by atoms with Gasteiger partial charge in [-0.1, -0.05) is 62.4 Å². The lowest BCUT2D eigenvalue weighted by Crippen LogP contribution is -2.24. The third-order valence-electron chi connectivity index (χ3n) is 5.34. The number of nitriles is 1. The smallest absolute Gasteiger partial charge is 0.181 e. The van der Waals surface area contributed by atoms with Crippen LogP contribution < -0.4 is 4.74 Å². The highest BCUT2D eigenvalue weighted by Gasteiger charge is 2.30. The Morgan fingerprint density at radius 3 is 2.21 bits per heavy atom. The number of rotatable bonds is 11. The molecular weight excluding hydrogens is 382 g/mol. The van der Waals surface area contributed by atoms with Crippen molar-refractivity contribution in [1.29, 1.82) is 5.26 Å². The van der Waals surface area contributed by atoms with E-state index in [0.717, 1.165) is 36.8 Å². The number of methoxy groups -OCH3 is 1. The fourth-order valence-corrected chi connectivity index (χ4v) is 5.30. The quantitative estimate of drug-likeness (QED) is 0.436. The van der Waals surface area contributed by atoms with Crippen molar-refractivity contribution in [1.82, 2.24) is 0 Å². The van der Waals surface area contributed by atoms with Crippen LogP contribution in [0.15, 0.2) is 53.4 Å². The molecule has 0 aromatic heterocycles. The molecule has 0 saturated carbocycles. The summed E-state index contributed by atoms with van der Waals surface area (Å²) in [4.78, 5) is 0.343. The normalized spacial score (nSPS) is 13.4. The van der Waals surface area contributed by atoms with Gasteiger partial charge in [0.25, 0.3) is 0 Å². The van der Waals surface area contributed by atoms with Gasteiger partial charge in [0.05, 0.1) is 29.2 Å². The minimum absolute atomic E-state index is 0.297. The third kappa shape index (κ3) is 6.33. The minimum Gasteiger partial charge on any atom is -0.497 e. The van der Waals surface area contributed by atoms with E-state index < -0.39 is 21.0 Å². The molecule has 2 aromatic carbocycles. The van der Waals surface area contributed by atoms with Crippen LogP contribution >= 0.6 is 0 Å². The Hall–Kier alpha value is -2.32. The van der Waals surface area contributed by atoms with Crippen LogP contribution in [0.25, 0.3) is 0 Å². The number of sulfone groups is 1. The lowest BCUT2D eigenvalue weighted by molar-refractivity contribution is 0.414. The maximum atomic E-state index is 13.4. The van der Waals surface area contributed by atoms with Crippen LogP contribution in [-0.4, -0.2) is 20.8 Å². The fourth-order valence-electron chi connectivity index (χ4n) is 3.48. The number of nitrogens with zero attached hydrogens (tertiary/aromatic N) is 1. The maximum Gasteiger partial charge on any atom is 0.181 e. The molecule has 0 aliphatic rings. The largest absolute Gasteiger partial charge is 0.497 e. The van der Waals surface area contributed by atoms with Gasteiger partial charge in [-0.2, -0.15) is 5.26 Å². The van der Waals surface area contributed by atoms with Gasteiger partial charge in [-0.15, -0.1) is 0 Å². The second-order valence-corrected chi connectivity index (χ2v) is 9.75. The summed E-state index contributed by atoms with van der Waals surface area (Å²) in [5.41, 5.74) is 1.85. The Balaban J connectivity index is 2.27. The van der Waals surface area contributed by atoms with Crippen LogP contribution in [0.3, 0.4) is 0 Å². The Bertz CT molecular complexity index is 897. The predicted octanol–water partition coefficient (Wildman–Crippen LogP) is 5.81. The molecule has 0 aliphatic heterocycles. The first kappa shape index (κ1) is 23.0. The van der Waals surface area contributed by atoms with Gasteiger partial charge in [0.2, 0.25) is 0 Å². The molecule has 29 heavy (non-hydrogen) atoms. The number of aryl methyl sites for hydroxylation is 1. The average Bonchev–Trinajstić information content (AvgIpc) is 2.73. The summed E-state index contributed by atoms with van der Waals surface area (Å²) in [6, 6.07) is 16.6. The Morgan fingerprint density at radius 2 is 1.66 bits per heavy atom. The van der Waals surface area contributed by atoms with Crippen LogP contribution in [0.5, 0.6) is 5.75 Å². The maximum absolute atomic E-state index is 13.4. The highest BCUT2D eigenvalue weighted by atomic mass is 32.2. The predicted molar refractivity (Wildman–Crippen MR) is 117 cm³/mol. The molecule has 0 unspecified atom stereocenters. The summed E-state index contributed by atoms with van der Waals surface area (Å²) < 4.78 is 31.9. The lowest BCUT2D eigenvalue weighted by atomic mass is 9.93. The van der Waals surface area contributed by atoms with Crippen LogP contribution in [0.1, 0.15) is 62.5 Å². The SMILES string of the molecule is CCCCCC[C@H](C[C@@H](C#N)c1ccc(OC)cc1)S(=O)(=O)c1ccc(C)cc1. The molecule has 0 spiro atoms.